The van der Waals surface area contributed by atoms with Crippen LogP contribution in [0.3, 0.4) is 0 Å². The highest BCUT2D eigenvalue weighted by molar-refractivity contribution is 7.90. The third-order valence-electron chi connectivity index (χ3n) is 2.68. The average Bonchev–Trinajstić information content (AvgIpc) is 2.29. The molecule has 0 aromatic carbocycles. The van der Waals surface area contributed by atoms with Gasteiger partial charge in [0.15, 0.2) is 0 Å². The summed E-state index contributed by atoms with van der Waals surface area (Å²) >= 11 is 0. The maximum absolute atomic E-state index is 11.8. The summed E-state index contributed by atoms with van der Waals surface area (Å²) in [5, 5.41) is 8.09. The monoisotopic (exact) mass is 266 g/mol. The summed E-state index contributed by atoms with van der Waals surface area (Å²) in [7, 11) is -3.38. The van der Waals surface area contributed by atoms with Crippen molar-refractivity contribution in [2.45, 2.75) is 30.6 Å². The van der Waals surface area contributed by atoms with Crippen LogP contribution in [0.4, 0.5) is 0 Å². The Morgan fingerprint density at radius 3 is 2.59 bits per heavy atom. The fourth-order valence-corrected chi connectivity index (χ4v) is 3.04. The average molecular weight is 266 g/mol. The number of rotatable bonds is 6. The first kappa shape index (κ1) is 14.4. The summed E-state index contributed by atoms with van der Waals surface area (Å²) < 4.78 is 31.0. The van der Waals surface area contributed by atoms with Gasteiger partial charge in [0, 0.05) is 19.8 Å². The van der Waals surface area contributed by atoms with E-state index in [2.05, 4.69) is 4.72 Å². The molecule has 1 fully saturated rings. The Kier molecular flexibility index (Phi) is 5.31. The molecule has 8 heteroatoms. The molecule has 0 aliphatic carbocycles. The number of hydrogen-bond acceptors (Lipinski definition) is 5. The van der Waals surface area contributed by atoms with Crippen LogP contribution in [0.15, 0.2) is 0 Å². The van der Waals surface area contributed by atoms with E-state index in [0.717, 1.165) is 0 Å². The van der Waals surface area contributed by atoms with Gasteiger partial charge in [0.05, 0.1) is 5.25 Å². The van der Waals surface area contributed by atoms with E-state index in [0.29, 0.717) is 26.1 Å². The lowest BCUT2D eigenvalue weighted by molar-refractivity contribution is -0.138. The standard InChI is InChI=1S/C9H18N2O5S/c10-8(9(12)13)1-4-11-17(14,15)7-2-5-16-6-3-7/h7-8,11H,1-6,10H2,(H,12,13)/t8-/m0/s1. The lowest BCUT2D eigenvalue weighted by Crippen LogP contribution is -2.41. The second kappa shape index (κ2) is 6.29. The van der Waals surface area contributed by atoms with E-state index in [1.165, 1.54) is 0 Å². The normalized spacial score (nSPS) is 20.1. The molecule has 0 aromatic rings. The summed E-state index contributed by atoms with van der Waals surface area (Å²) in [6.45, 7) is 0.938. The SMILES string of the molecule is N[C@@H](CCNS(=O)(=O)C1CCOCC1)C(=O)O. The first-order valence-corrected chi connectivity index (χ1v) is 7.02. The van der Waals surface area contributed by atoms with Gasteiger partial charge >= 0.3 is 5.97 Å². The zero-order chi connectivity index (χ0) is 12.9. The van der Waals surface area contributed by atoms with Crippen LogP contribution in [0, 0.1) is 0 Å². The lowest BCUT2D eigenvalue weighted by Gasteiger charge is -2.22. The highest BCUT2D eigenvalue weighted by atomic mass is 32.2. The van der Waals surface area contributed by atoms with Gasteiger partial charge < -0.3 is 15.6 Å². The van der Waals surface area contributed by atoms with E-state index < -0.39 is 27.3 Å². The zero-order valence-electron chi connectivity index (χ0n) is 9.46. The fraction of sp³-hybridized carbons (Fsp3) is 0.889. The third-order valence-corrected chi connectivity index (χ3v) is 4.64. The summed E-state index contributed by atoms with van der Waals surface area (Å²) in [6, 6.07) is -1.03. The number of aliphatic carboxylic acids is 1. The molecule has 1 atom stereocenters. The molecule has 0 radical (unpaired) electrons. The number of carbonyl (C=O) groups is 1. The van der Waals surface area contributed by atoms with Crippen molar-refractivity contribution in [3.8, 4) is 0 Å². The Labute approximate surface area is 100 Å². The lowest BCUT2D eigenvalue weighted by atomic mass is 10.2. The number of nitrogens with two attached hydrogens (primary N) is 1. The van der Waals surface area contributed by atoms with Crippen LogP contribution < -0.4 is 10.5 Å². The van der Waals surface area contributed by atoms with E-state index >= 15 is 0 Å². The minimum atomic E-state index is -3.38. The number of carboxylic acid groups (broad SMARTS) is 1. The molecule has 0 aromatic heterocycles. The smallest absolute Gasteiger partial charge is 0.320 e. The number of sulfonamides is 1. The van der Waals surface area contributed by atoms with E-state index in [1.807, 2.05) is 0 Å². The molecular formula is C9H18N2O5S. The van der Waals surface area contributed by atoms with Gasteiger partial charge in [-0.15, -0.1) is 0 Å². The minimum Gasteiger partial charge on any atom is -0.480 e. The van der Waals surface area contributed by atoms with Crippen molar-refractivity contribution in [3.05, 3.63) is 0 Å². The van der Waals surface area contributed by atoms with Crippen LogP contribution in [0.5, 0.6) is 0 Å². The Bertz CT molecular complexity index is 350. The quantitative estimate of drug-likeness (QED) is 0.560. The van der Waals surface area contributed by atoms with Crippen molar-refractivity contribution in [3.63, 3.8) is 0 Å². The molecule has 1 heterocycles. The third kappa shape index (κ3) is 4.58. The topological polar surface area (TPSA) is 119 Å². The Morgan fingerprint density at radius 2 is 2.06 bits per heavy atom. The number of nitrogens with one attached hydrogen (secondary N) is 1. The van der Waals surface area contributed by atoms with Gasteiger partial charge in [-0.2, -0.15) is 0 Å². The van der Waals surface area contributed by atoms with Crippen LogP contribution in [-0.2, 0) is 19.6 Å². The first-order chi connectivity index (χ1) is 7.93. The molecule has 1 rings (SSSR count). The first-order valence-electron chi connectivity index (χ1n) is 5.48. The Morgan fingerprint density at radius 1 is 1.47 bits per heavy atom. The molecule has 1 aliphatic heterocycles. The maximum atomic E-state index is 11.8. The Balaban J connectivity index is 2.36. The number of ether oxygens (including phenoxy) is 1. The predicted octanol–water partition coefficient (Wildman–Crippen LogP) is -1.11. The van der Waals surface area contributed by atoms with Crippen molar-refractivity contribution in [2.24, 2.45) is 5.73 Å². The van der Waals surface area contributed by atoms with E-state index in [-0.39, 0.29) is 13.0 Å². The minimum absolute atomic E-state index is 0.0488. The van der Waals surface area contributed by atoms with Crippen LogP contribution in [0.2, 0.25) is 0 Å². The molecule has 0 saturated carbocycles. The number of carboxylic acids is 1. The Hall–Kier alpha value is -0.700. The fourth-order valence-electron chi connectivity index (χ4n) is 1.58. The van der Waals surface area contributed by atoms with Gasteiger partial charge in [0.25, 0.3) is 0 Å². The van der Waals surface area contributed by atoms with Crippen LogP contribution in [0.25, 0.3) is 0 Å². The van der Waals surface area contributed by atoms with E-state index in [1.54, 1.807) is 0 Å². The molecule has 7 nitrogen and oxygen atoms in total. The largest absolute Gasteiger partial charge is 0.480 e. The summed E-state index contributed by atoms with van der Waals surface area (Å²) in [5.41, 5.74) is 5.27. The van der Waals surface area contributed by atoms with Crippen LogP contribution >= 0.6 is 0 Å². The highest BCUT2D eigenvalue weighted by Crippen LogP contribution is 2.14. The predicted molar refractivity (Wildman–Crippen MR) is 61.0 cm³/mol. The molecule has 17 heavy (non-hydrogen) atoms. The number of hydrogen-bond donors (Lipinski definition) is 3. The maximum Gasteiger partial charge on any atom is 0.320 e. The molecular weight excluding hydrogens is 248 g/mol. The summed E-state index contributed by atoms with van der Waals surface area (Å²) in [5.74, 6) is -1.13. The van der Waals surface area contributed by atoms with Gasteiger partial charge in [-0.1, -0.05) is 0 Å². The molecule has 0 unspecified atom stereocenters. The van der Waals surface area contributed by atoms with Gasteiger partial charge in [0.1, 0.15) is 6.04 Å². The van der Waals surface area contributed by atoms with Crippen molar-refractivity contribution < 1.29 is 23.1 Å². The van der Waals surface area contributed by atoms with Gasteiger partial charge in [-0.25, -0.2) is 13.1 Å². The molecule has 4 N–H and O–H groups in total. The van der Waals surface area contributed by atoms with Crippen molar-refractivity contribution >= 4 is 16.0 Å². The van der Waals surface area contributed by atoms with E-state index in [9.17, 15) is 13.2 Å². The molecule has 100 valence electrons. The highest BCUT2D eigenvalue weighted by Gasteiger charge is 2.27. The second-order valence-corrected chi connectivity index (χ2v) is 6.03. The van der Waals surface area contributed by atoms with Gasteiger partial charge in [-0.05, 0) is 19.3 Å². The zero-order valence-corrected chi connectivity index (χ0v) is 10.3. The van der Waals surface area contributed by atoms with E-state index in [4.69, 9.17) is 15.6 Å². The molecule has 0 bridgehead atoms. The van der Waals surface area contributed by atoms with Crippen molar-refractivity contribution in [1.82, 2.24) is 4.72 Å². The van der Waals surface area contributed by atoms with Crippen LogP contribution in [-0.4, -0.2) is 50.5 Å². The van der Waals surface area contributed by atoms with Gasteiger partial charge in [-0.3, -0.25) is 4.79 Å². The summed E-state index contributed by atoms with van der Waals surface area (Å²) in [4.78, 5) is 10.4. The van der Waals surface area contributed by atoms with Gasteiger partial charge in [0.2, 0.25) is 10.0 Å². The molecule has 1 aliphatic rings. The molecule has 0 amide bonds. The molecule has 0 spiro atoms. The van der Waals surface area contributed by atoms with Crippen molar-refractivity contribution in [2.75, 3.05) is 19.8 Å². The molecule has 1 saturated heterocycles. The second-order valence-electron chi connectivity index (χ2n) is 3.98. The van der Waals surface area contributed by atoms with Crippen molar-refractivity contribution in [1.29, 1.82) is 0 Å². The summed E-state index contributed by atoms with van der Waals surface area (Å²) in [6.07, 6.45) is 1.03. The van der Waals surface area contributed by atoms with Crippen LogP contribution in [0.1, 0.15) is 19.3 Å².